The van der Waals surface area contributed by atoms with Crippen LogP contribution in [0.25, 0.3) is 0 Å². The van der Waals surface area contributed by atoms with E-state index in [9.17, 15) is 10.2 Å². The Hall–Kier alpha value is -5.12. The summed E-state index contributed by atoms with van der Waals surface area (Å²) in [7, 11) is 0. The van der Waals surface area contributed by atoms with Gasteiger partial charge in [0.05, 0.1) is 52.9 Å². The fourth-order valence-corrected chi connectivity index (χ4v) is 8.05. The summed E-state index contributed by atoms with van der Waals surface area (Å²) in [4.78, 5) is 0. The summed E-state index contributed by atoms with van der Waals surface area (Å²) in [5.41, 5.74) is 5.68. The van der Waals surface area contributed by atoms with Gasteiger partial charge in [0.1, 0.15) is 48.8 Å². The Kier molecular flexibility index (Phi) is 17.4. The van der Waals surface area contributed by atoms with Gasteiger partial charge in [-0.25, -0.2) is 0 Å². The van der Waals surface area contributed by atoms with Gasteiger partial charge < -0.3 is 52.8 Å². The Morgan fingerprint density at radius 3 is 1.06 bits per heavy atom. The third-order valence-corrected chi connectivity index (χ3v) is 11.5. The zero-order valence-corrected chi connectivity index (χ0v) is 36.3. The second-order valence-electron chi connectivity index (χ2n) is 16.2. The summed E-state index contributed by atoms with van der Waals surface area (Å²) in [5, 5.41) is 24.0. The molecular formula is C54H58O11. The Morgan fingerprint density at radius 1 is 0.323 bits per heavy atom. The summed E-state index contributed by atoms with van der Waals surface area (Å²) in [6.07, 6.45) is -9.77. The second-order valence-corrected chi connectivity index (χ2v) is 16.2. The predicted molar refractivity (Wildman–Crippen MR) is 243 cm³/mol. The molecule has 8 rings (SSSR count). The van der Waals surface area contributed by atoms with E-state index in [4.69, 9.17) is 42.6 Å². The first kappa shape index (κ1) is 46.4. The third kappa shape index (κ3) is 13.5. The molecule has 65 heavy (non-hydrogen) atoms. The number of hydrogen-bond donors (Lipinski definition) is 2. The first-order valence-electron chi connectivity index (χ1n) is 22.3. The zero-order valence-electron chi connectivity index (χ0n) is 36.3. The van der Waals surface area contributed by atoms with E-state index in [0.29, 0.717) is 6.61 Å². The van der Waals surface area contributed by atoms with E-state index in [1.165, 1.54) is 0 Å². The smallest absolute Gasteiger partial charge is 0.186 e. The molecule has 0 radical (unpaired) electrons. The molecule has 6 aromatic rings. The monoisotopic (exact) mass is 882 g/mol. The summed E-state index contributed by atoms with van der Waals surface area (Å²) >= 11 is 0. The minimum atomic E-state index is -1.42. The molecule has 0 saturated carbocycles. The van der Waals surface area contributed by atoms with E-state index >= 15 is 0 Å². The molecule has 0 spiro atoms. The van der Waals surface area contributed by atoms with Crippen LogP contribution in [0, 0.1) is 0 Å². The van der Waals surface area contributed by atoms with Crippen molar-refractivity contribution in [1.82, 2.24) is 0 Å². The molecule has 2 aliphatic heterocycles. The van der Waals surface area contributed by atoms with Crippen LogP contribution >= 0.6 is 0 Å². The van der Waals surface area contributed by atoms with Gasteiger partial charge in [-0.15, -0.1) is 0 Å². The van der Waals surface area contributed by atoms with Gasteiger partial charge in [0.25, 0.3) is 0 Å². The van der Waals surface area contributed by atoms with Crippen molar-refractivity contribution < 1.29 is 52.8 Å². The van der Waals surface area contributed by atoms with Gasteiger partial charge in [-0.2, -0.15) is 0 Å². The van der Waals surface area contributed by atoms with Crippen LogP contribution in [0.4, 0.5) is 0 Å². The van der Waals surface area contributed by atoms with Gasteiger partial charge >= 0.3 is 0 Å². The van der Waals surface area contributed by atoms with Crippen molar-refractivity contribution in [3.05, 3.63) is 215 Å². The molecule has 2 fully saturated rings. The molecule has 11 heteroatoms. The van der Waals surface area contributed by atoms with E-state index in [0.717, 1.165) is 33.4 Å². The summed E-state index contributed by atoms with van der Waals surface area (Å²) in [5.74, 6) is 0. The van der Waals surface area contributed by atoms with E-state index in [2.05, 4.69) is 0 Å². The lowest BCUT2D eigenvalue weighted by atomic mass is 9.97. The SMILES string of the molecule is O[C@@H]1[C@H](OC[C@H]2O[C@@H](O)[C@H](OCc3ccccc3)[C@@H](OCc3ccccc3)[C@@H]2OCc2ccccc2)O[C@H](COCc2ccccc2)[C@@H](OCc2ccccc2)[C@@H]1OCc1ccccc1. The molecule has 0 aromatic heterocycles. The minimum Gasteiger partial charge on any atom is -0.385 e. The van der Waals surface area contributed by atoms with E-state index < -0.39 is 61.4 Å². The topological polar surface area (TPSA) is 124 Å². The lowest BCUT2D eigenvalue weighted by Crippen LogP contribution is -2.63. The molecule has 0 bridgehead atoms. The maximum absolute atomic E-state index is 12.2. The first-order chi connectivity index (χ1) is 32.1. The Balaban J connectivity index is 1.05. The van der Waals surface area contributed by atoms with Gasteiger partial charge in [0, 0.05) is 0 Å². The molecule has 2 heterocycles. The summed E-state index contributed by atoms with van der Waals surface area (Å²) in [6.45, 7) is 1.39. The third-order valence-electron chi connectivity index (χ3n) is 11.5. The number of rotatable bonds is 22. The van der Waals surface area contributed by atoms with Crippen LogP contribution in [-0.2, 0) is 82.3 Å². The molecule has 2 saturated heterocycles. The highest BCUT2D eigenvalue weighted by Crippen LogP contribution is 2.33. The summed E-state index contributed by atoms with van der Waals surface area (Å²) < 4.78 is 58.8. The molecule has 0 aliphatic carbocycles. The largest absolute Gasteiger partial charge is 0.385 e. The van der Waals surface area contributed by atoms with Crippen molar-refractivity contribution in [2.24, 2.45) is 0 Å². The van der Waals surface area contributed by atoms with Crippen molar-refractivity contribution in [1.29, 1.82) is 0 Å². The first-order valence-corrected chi connectivity index (χ1v) is 22.3. The van der Waals surface area contributed by atoms with Crippen molar-refractivity contribution in [3.8, 4) is 0 Å². The molecule has 0 amide bonds. The Labute approximate surface area is 381 Å². The Morgan fingerprint density at radius 2 is 0.646 bits per heavy atom. The number of aliphatic hydroxyl groups excluding tert-OH is 2. The fourth-order valence-electron chi connectivity index (χ4n) is 8.05. The number of aliphatic hydroxyl groups is 2. The average molecular weight is 883 g/mol. The average Bonchev–Trinajstić information content (AvgIpc) is 3.36. The highest BCUT2D eigenvalue weighted by Gasteiger charge is 2.51. The normalized spacial score (nSPS) is 25.6. The number of hydrogen-bond acceptors (Lipinski definition) is 11. The molecule has 0 unspecified atom stereocenters. The Bertz CT molecular complexity index is 2210. The van der Waals surface area contributed by atoms with Crippen LogP contribution in [-0.4, -0.2) is 84.8 Å². The molecule has 11 nitrogen and oxygen atoms in total. The van der Waals surface area contributed by atoms with E-state index in [1.54, 1.807) is 0 Å². The predicted octanol–water partition coefficient (Wildman–Crippen LogP) is 7.95. The van der Waals surface area contributed by atoms with Gasteiger partial charge in [0.2, 0.25) is 0 Å². The van der Waals surface area contributed by atoms with Crippen LogP contribution in [0.3, 0.4) is 0 Å². The summed E-state index contributed by atoms with van der Waals surface area (Å²) in [6, 6.07) is 58.8. The maximum Gasteiger partial charge on any atom is 0.186 e. The zero-order chi connectivity index (χ0) is 44.5. The van der Waals surface area contributed by atoms with Crippen molar-refractivity contribution >= 4 is 0 Å². The van der Waals surface area contributed by atoms with Crippen LogP contribution < -0.4 is 0 Å². The standard InChI is InChI=1S/C54H58O11/c55-47-50(60-34-42-25-13-4-14-26-42)48(58-32-40-21-9-2-10-22-40)45(37-57-31-39-19-7-1-8-20-39)65-54(47)63-38-46-49(59-33-41-23-11-3-12-24-41)51(61-35-43-27-15-5-16-28-43)52(53(56)64-46)62-36-44-29-17-6-18-30-44/h1-30,45-56H,31-38H2/t45-,46-,47+,48-,49-,50-,51+,52-,53-,54-/m1/s1. The molecule has 10 atom stereocenters. The molecular weight excluding hydrogens is 825 g/mol. The molecule has 340 valence electrons. The van der Waals surface area contributed by atoms with Crippen molar-refractivity contribution in [3.63, 3.8) is 0 Å². The van der Waals surface area contributed by atoms with Crippen LogP contribution in [0.2, 0.25) is 0 Å². The highest BCUT2D eigenvalue weighted by atomic mass is 16.7. The molecule has 6 aromatic carbocycles. The lowest BCUT2D eigenvalue weighted by molar-refractivity contribution is -0.344. The van der Waals surface area contributed by atoms with Gasteiger partial charge in [-0.05, 0) is 33.4 Å². The number of benzene rings is 6. The number of ether oxygens (including phenoxy) is 9. The quantitative estimate of drug-likeness (QED) is 0.0691. The van der Waals surface area contributed by atoms with Crippen LogP contribution in [0.5, 0.6) is 0 Å². The van der Waals surface area contributed by atoms with Gasteiger partial charge in [-0.1, -0.05) is 182 Å². The molecule has 2 N–H and O–H groups in total. The second kappa shape index (κ2) is 24.4. The van der Waals surface area contributed by atoms with Gasteiger partial charge in [0.15, 0.2) is 12.6 Å². The molecule has 2 aliphatic rings. The van der Waals surface area contributed by atoms with Crippen LogP contribution in [0.15, 0.2) is 182 Å². The lowest BCUT2D eigenvalue weighted by Gasteiger charge is -2.46. The van der Waals surface area contributed by atoms with E-state index in [-0.39, 0.29) is 46.2 Å². The van der Waals surface area contributed by atoms with E-state index in [1.807, 2.05) is 182 Å². The highest BCUT2D eigenvalue weighted by molar-refractivity contribution is 5.18. The minimum absolute atomic E-state index is 0.114. The fraction of sp³-hybridized carbons (Fsp3) is 0.333. The van der Waals surface area contributed by atoms with Gasteiger partial charge in [-0.3, -0.25) is 0 Å². The van der Waals surface area contributed by atoms with Crippen molar-refractivity contribution in [2.75, 3.05) is 13.2 Å². The van der Waals surface area contributed by atoms with Crippen molar-refractivity contribution in [2.45, 2.75) is 101 Å². The maximum atomic E-state index is 12.2. The van der Waals surface area contributed by atoms with Crippen LogP contribution in [0.1, 0.15) is 33.4 Å².